The molecule has 0 saturated heterocycles. The number of hydrogen-bond donors (Lipinski definition) is 0. The lowest BCUT2D eigenvalue weighted by atomic mass is 10.1. The smallest absolute Gasteiger partial charge is 0.134 e. The number of benzene rings is 2. The first kappa shape index (κ1) is 14.5. The molecule has 0 saturated carbocycles. The van der Waals surface area contributed by atoms with Crippen LogP contribution in [-0.2, 0) is 0 Å². The Morgan fingerprint density at radius 1 is 1.09 bits per heavy atom. The number of nitriles is 1. The van der Waals surface area contributed by atoms with Crippen LogP contribution in [0.5, 0.6) is 0 Å². The molecule has 4 heteroatoms. The molecule has 0 aliphatic heterocycles. The van der Waals surface area contributed by atoms with Crippen LogP contribution < -0.4 is 0 Å². The zero-order valence-electron chi connectivity index (χ0n) is 11.5. The van der Waals surface area contributed by atoms with Crippen LogP contribution in [0.25, 0.3) is 22.9 Å². The van der Waals surface area contributed by atoms with Gasteiger partial charge in [0.25, 0.3) is 0 Å². The topological polar surface area (TPSA) is 36.7 Å². The Morgan fingerprint density at radius 2 is 1.82 bits per heavy atom. The molecule has 1 aromatic heterocycles. The average Bonchev–Trinajstić information content (AvgIpc) is 3.05. The lowest BCUT2D eigenvalue weighted by molar-refractivity contribution is 1.37. The van der Waals surface area contributed by atoms with Crippen molar-refractivity contribution in [1.29, 1.82) is 5.26 Å². The molecular weight excluding hydrogens is 312 g/mol. The molecule has 0 amide bonds. The van der Waals surface area contributed by atoms with E-state index < -0.39 is 0 Å². The van der Waals surface area contributed by atoms with E-state index in [9.17, 15) is 5.26 Å². The largest absolute Gasteiger partial charge is 0.235 e. The van der Waals surface area contributed by atoms with Crippen LogP contribution in [0.4, 0.5) is 0 Å². The van der Waals surface area contributed by atoms with Crippen molar-refractivity contribution < 1.29 is 0 Å². The van der Waals surface area contributed by atoms with Crippen LogP contribution in [0.3, 0.4) is 0 Å². The van der Waals surface area contributed by atoms with Crippen LogP contribution in [0.2, 0.25) is 5.02 Å². The summed E-state index contributed by atoms with van der Waals surface area (Å²) in [5.41, 5.74) is 3.42. The summed E-state index contributed by atoms with van der Waals surface area (Å²) in [4.78, 5) is 4.57. The Kier molecular flexibility index (Phi) is 4.34. The minimum absolute atomic E-state index is 0.550. The molecule has 2 aromatic carbocycles. The first-order valence-corrected chi connectivity index (χ1v) is 7.91. The summed E-state index contributed by atoms with van der Waals surface area (Å²) < 4.78 is 0. The van der Waals surface area contributed by atoms with Crippen molar-refractivity contribution in [3.8, 4) is 17.3 Å². The number of aromatic nitrogens is 1. The van der Waals surface area contributed by atoms with E-state index in [1.54, 1.807) is 12.1 Å². The highest BCUT2D eigenvalue weighted by molar-refractivity contribution is 7.11. The SMILES string of the molecule is N#CC(=Cc1ccc(Cl)cc1)c1nc(-c2ccccc2)cs1. The predicted octanol–water partition coefficient (Wildman–Crippen LogP) is 5.53. The van der Waals surface area contributed by atoms with E-state index in [0.29, 0.717) is 10.6 Å². The Bertz CT molecular complexity index is 843. The van der Waals surface area contributed by atoms with Gasteiger partial charge in [-0.05, 0) is 23.8 Å². The second-order valence-corrected chi connectivity index (χ2v) is 5.92. The third-order valence-electron chi connectivity index (χ3n) is 3.11. The summed E-state index contributed by atoms with van der Waals surface area (Å²) in [7, 11) is 0. The van der Waals surface area contributed by atoms with Crippen LogP contribution in [0.15, 0.2) is 60.0 Å². The van der Waals surface area contributed by atoms with E-state index >= 15 is 0 Å². The van der Waals surface area contributed by atoms with Gasteiger partial charge in [0.05, 0.1) is 11.3 Å². The molecule has 0 radical (unpaired) electrons. The van der Waals surface area contributed by atoms with Crippen molar-refractivity contribution in [3.63, 3.8) is 0 Å². The number of nitrogens with zero attached hydrogens (tertiary/aromatic N) is 2. The Labute approximate surface area is 138 Å². The molecule has 0 aliphatic rings. The second-order valence-electron chi connectivity index (χ2n) is 4.63. The van der Waals surface area contributed by atoms with Crippen molar-refractivity contribution in [2.24, 2.45) is 0 Å². The van der Waals surface area contributed by atoms with Crippen molar-refractivity contribution >= 4 is 34.6 Å². The van der Waals surface area contributed by atoms with Gasteiger partial charge in [0.2, 0.25) is 0 Å². The summed E-state index contributed by atoms with van der Waals surface area (Å²) in [6.07, 6.45) is 1.82. The third-order valence-corrected chi connectivity index (χ3v) is 4.23. The minimum atomic E-state index is 0.550. The summed E-state index contributed by atoms with van der Waals surface area (Å²) in [6, 6.07) is 19.5. The van der Waals surface area contributed by atoms with Gasteiger partial charge < -0.3 is 0 Å². The summed E-state index contributed by atoms with van der Waals surface area (Å²) >= 11 is 7.35. The molecule has 0 fully saturated rings. The van der Waals surface area contributed by atoms with Gasteiger partial charge in [-0.3, -0.25) is 0 Å². The molecule has 0 spiro atoms. The average molecular weight is 323 g/mol. The fourth-order valence-electron chi connectivity index (χ4n) is 2.01. The summed E-state index contributed by atoms with van der Waals surface area (Å²) in [5.74, 6) is 0. The summed E-state index contributed by atoms with van der Waals surface area (Å²) in [5, 5.41) is 12.8. The molecule has 2 nitrogen and oxygen atoms in total. The van der Waals surface area contributed by atoms with Gasteiger partial charge in [-0.15, -0.1) is 11.3 Å². The van der Waals surface area contributed by atoms with Gasteiger partial charge in [-0.1, -0.05) is 54.1 Å². The van der Waals surface area contributed by atoms with Gasteiger partial charge in [0, 0.05) is 16.0 Å². The van der Waals surface area contributed by atoms with E-state index in [0.717, 1.165) is 21.8 Å². The lowest BCUT2D eigenvalue weighted by Gasteiger charge is -1.97. The van der Waals surface area contributed by atoms with Crippen molar-refractivity contribution in [1.82, 2.24) is 4.98 Å². The molecular formula is C18H11ClN2S. The van der Waals surface area contributed by atoms with Gasteiger partial charge in [0.1, 0.15) is 11.1 Å². The Hall–Kier alpha value is -2.41. The van der Waals surface area contributed by atoms with Crippen LogP contribution in [0, 0.1) is 11.3 Å². The number of thiazole rings is 1. The molecule has 0 N–H and O–H groups in total. The molecule has 106 valence electrons. The molecule has 3 aromatic rings. The fourth-order valence-corrected chi connectivity index (χ4v) is 2.93. The van der Waals surface area contributed by atoms with E-state index in [4.69, 9.17) is 11.6 Å². The number of halogens is 1. The second kappa shape index (κ2) is 6.57. The minimum Gasteiger partial charge on any atom is -0.235 e. The third kappa shape index (κ3) is 3.25. The van der Waals surface area contributed by atoms with Crippen LogP contribution in [-0.4, -0.2) is 4.98 Å². The number of rotatable bonds is 3. The highest BCUT2D eigenvalue weighted by atomic mass is 35.5. The first-order valence-electron chi connectivity index (χ1n) is 6.65. The van der Waals surface area contributed by atoms with Gasteiger partial charge in [-0.25, -0.2) is 4.98 Å². The molecule has 0 aliphatic carbocycles. The maximum atomic E-state index is 9.40. The predicted molar refractivity (Wildman–Crippen MR) is 92.5 cm³/mol. The molecule has 0 bridgehead atoms. The Morgan fingerprint density at radius 3 is 2.50 bits per heavy atom. The van der Waals surface area contributed by atoms with E-state index in [2.05, 4.69) is 11.1 Å². The lowest BCUT2D eigenvalue weighted by Crippen LogP contribution is -1.82. The van der Waals surface area contributed by atoms with Crippen LogP contribution >= 0.6 is 22.9 Å². The van der Waals surface area contributed by atoms with E-state index in [-0.39, 0.29) is 0 Å². The number of allylic oxidation sites excluding steroid dienone is 1. The zero-order chi connectivity index (χ0) is 15.4. The normalized spacial score (nSPS) is 11.2. The van der Waals surface area contributed by atoms with Crippen molar-refractivity contribution in [3.05, 3.63) is 75.6 Å². The number of hydrogen-bond acceptors (Lipinski definition) is 3. The summed E-state index contributed by atoms with van der Waals surface area (Å²) in [6.45, 7) is 0. The molecule has 3 rings (SSSR count). The quantitative estimate of drug-likeness (QED) is 0.595. The molecule has 0 atom stereocenters. The highest BCUT2D eigenvalue weighted by Crippen LogP contribution is 2.27. The monoisotopic (exact) mass is 322 g/mol. The maximum absolute atomic E-state index is 9.40. The fraction of sp³-hybridized carbons (Fsp3) is 0. The van der Waals surface area contributed by atoms with Gasteiger partial charge in [0.15, 0.2) is 0 Å². The van der Waals surface area contributed by atoms with Gasteiger partial charge in [-0.2, -0.15) is 5.26 Å². The Balaban J connectivity index is 1.94. The maximum Gasteiger partial charge on any atom is 0.134 e. The van der Waals surface area contributed by atoms with E-state index in [1.165, 1.54) is 11.3 Å². The van der Waals surface area contributed by atoms with Crippen molar-refractivity contribution in [2.75, 3.05) is 0 Å². The molecule has 0 unspecified atom stereocenters. The molecule has 1 heterocycles. The van der Waals surface area contributed by atoms with Crippen LogP contribution in [0.1, 0.15) is 10.6 Å². The standard InChI is InChI=1S/C18H11ClN2S/c19-16-8-6-13(7-9-16)10-15(11-20)18-21-17(12-22-18)14-4-2-1-3-5-14/h1-10,12H. The zero-order valence-corrected chi connectivity index (χ0v) is 13.1. The molecule has 22 heavy (non-hydrogen) atoms. The van der Waals surface area contributed by atoms with Crippen molar-refractivity contribution in [2.45, 2.75) is 0 Å². The highest BCUT2D eigenvalue weighted by Gasteiger charge is 2.08. The van der Waals surface area contributed by atoms with E-state index in [1.807, 2.05) is 53.9 Å². The first-order chi connectivity index (χ1) is 10.8. The van der Waals surface area contributed by atoms with Gasteiger partial charge >= 0.3 is 0 Å².